The van der Waals surface area contributed by atoms with Crippen LogP contribution in [0.1, 0.15) is 36.0 Å². The number of piperidine rings is 1. The Bertz CT molecular complexity index is 528. The van der Waals surface area contributed by atoms with E-state index in [1.54, 1.807) is 0 Å². The maximum absolute atomic E-state index is 11.9. The normalized spacial score (nSPS) is 14.8. The van der Waals surface area contributed by atoms with Crippen molar-refractivity contribution in [2.75, 3.05) is 19.6 Å². The summed E-state index contributed by atoms with van der Waals surface area (Å²) < 4.78 is 0. The van der Waals surface area contributed by atoms with Crippen molar-refractivity contribution in [3.05, 3.63) is 28.8 Å². The third-order valence-corrected chi connectivity index (χ3v) is 3.77. The molecule has 0 atom stereocenters. The van der Waals surface area contributed by atoms with Crippen LogP contribution in [0.5, 0.6) is 5.75 Å². The van der Waals surface area contributed by atoms with Gasteiger partial charge in [0.25, 0.3) is 5.91 Å². The quantitative estimate of drug-likeness (QED) is 0.895. The summed E-state index contributed by atoms with van der Waals surface area (Å²) in [5.74, 6) is -0.506. The van der Waals surface area contributed by atoms with Crippen molar-refractivity contribution in [2.45, 2.75) is 25.7 Å². The molecule has 1 heterocycles. The van der Waals surface area contributed by atoms with Gasteiger partial charge in [0, 0.05) is 31.1 Å². The third-order valence-electron chi connectivity index (χ3n) is 3.54. The largest absolute Gasteiger partial charge is 0.507 e. The van der Waals surface area contributed by atoms with E-state index in [0.717, 1.165) is 25.9 Å². The lowest BCUT2D eigenvalue weighted by molar-refractivity contribution is -0.131. The molecule has 1 saturated heterocycles. The number of carbonyl (C=O) groups excluding carboxylic acids is 2. The van der Waals surface area contributed by atoms with Gasteiger partial charge in [-0.25, -0.2) is 0 Å². The number of nitrogens with one attached hydrogen (secondary N) is 1. The number of aromatic hydroxyl groups is 1. The summed E-state index contributed by atoms with van der Waals surface area (Å²) in [6, 6.07) is 4.31. The van der Waals surface area contributed by atoms with Crippen molar-refractivity contribution in [3.8, 4) is 5.75 Å². The Labute approximate surface area is 128 Å². The smallest absolute Gasteiger partial charge is 0.255 e. The molecule has 1 aliphatic heterocycles. The van der Waals surface area contributed by atoms with Crippen LogP contribution in [-0.2, 0) is 4.79 Å². The van der Waals surface area contributed by atoms with Crippen LogP contribution < -0.4 is 5.32 Å². The van der Waals surface area contributed by atoms with Crippen LogP contribution in [0.4, 0.5) is 0 Å². The van der Waals surface area contributed by atoms with E-state index >= 15 is 0 Å². The summed E-state index contributed by atoms with van der Waals surface area (Å²) in [7, 11) is 0. The number of rotatable bonds is 4. The SMILES string of the molecule is O=C(NCCC(=O)N1CCCCC1)c1ccc(Cl)cc1O. The lowest BCUT2D eigenvalue weighted by Crippen LogP contribution is -2.37. The molecular formula is C15H19ClN2O3. The maximum Gasteiger partial charge on any atom is 0.255 e. The van der Waals surface area contributed by atoms with Crippen LogP contribution in [0.15, 0.2) is 18.2 Å². The molecular weight excluding hydrogens is 292 g/mol. The molecule has 0 spiro atoms. The lowest BCUT2D eigenvalue weighted by atomic mass is 10.1. The second-order valence-electron chi connectivity index (χ2n) is 5.11. The van der Waals surface area contributed by atoms with Crippen LogP contribution >= 0.6 is 11.6 Å². The second kappa shape index (κ2) is 7.31. The molecule has 2 amide bonds. The van der Waals surface area contributed by atoms with E-state index in [0.29, 0.717) is 5.02 Å². The van der Waals surface area contributed by atoms with Gasteiger partial charge in [-0.05, 0) is 37.5 Å². The van der Waals surface area contributed by atoms with Crippen molar-refractivity contribution < 1.29 is 14.7 Å². The van der Waals surface area contributed by atoms with E-state index in [2.05, 4.69) is 5.32 Å². The summed E-state index contributed by atoms with van der Waals surface area (Å²) in [6.45, 7) is 1.88. The first-order valence-electron chi connectivity index (χ1n) is 7.12. The van der Waals surface area contributed by atoms with Crippen LogP contribution in [-0.4, -0.2) is 41.5 Å². The summed E-state index contributed by atoms with van der Waals surface area (Å²) in [5.41, 5.74) is 0.157. The molecule has 5 nitrogen and oxygen atoms in total. The van der Waals surface area contributed by atoms with Crippen molar-refractivity contribution in [1.82, 2.24) is 10.2 Å². The molecule has 1 fully saturated rings. The molecule has 0 unspecified atom stereocenters. The van der Waals surface area contributed by atoms with Crippen molar-refractivity contribution >= 4 is 23.4 Å². The molecule has 2 N–H and O–H groups in total. The number of phenolic OH excluding ortho intramolecular Hbond substituents is 1. The number of amides is 2. The highest BCUT2D eigenvalue weighted by molar-refractivity contribution is 6.30. The average Bonchev–Trinajstić information content (AvgIpc) is 2.47. The molecule has 1 aromatic carbocycles. The zero-order valence-corrected chi connectivity index (χ0v) is 12.5. The first kappa shape index (κ1) is 15.6. The molecule has 114 valence electrons. The van der Waals surface area contributed by atoms with Gasteiger partial charge in [0.15, 0.2) is 0 Å². The molecule has 0 aliphatic carbocycles. The number of benzene rings is 1. The summed E-state index contributed by atoms with van der Waals surface area (Å²) in [6.07, 6.45) is 3.56. The number of nitrogens with zero attached hydrogens (tertiary/aromatic N) is 1. The number of likely N-dealkylation sites (tertiary alicyclic amines) is 1. The van der Waals surface area contributed by atoms with E-state index in [9.17, 15) is 14.7 Å². The van der Waals surface area contributed by atoms with Crippen LogP contribution in [0.2, 0.25) is 5.02 Å². The van der Waals surface area contributed by atoms with Crippen LogP contribution in [0, 0.1) is 0 Å². The van der Waals surface area contributed by atoms with Gasteiger partial charge < -0.3 is 15.3 Å². The number of phenols is 1. The minimum Gasteiger partial charge on any atom is -0.507 e. The number of hydrogen-bond donors (Lipinski definition) is 2. The molecule has 0 saturated carbocycles. The minimum atomic E-state index is -0.407. The van der Waals surface area contributed by atoms with E-state index in [1.165, 1.54) is 24.6 Å². The fourth-order valence-electron chi connectivity index (χ4n) is 2.38. The van der Waals surface area contributed by atoms with Crippen molar-refractivity contribution in [3.63, 3.8) is 0 Å². The first-order chi connectivity index (χ1) is 10.1. The van der Waals surface area contributed by atoms with E-state index in [-0.39, 0.29) is 30.2 Å². The highest BCUT2D eigenvalue weighted by Gasteiger charge is 2.17. The lowest BCUT2D eigenvalue weighted by Gasteiger charge is -2.26. The summed E-state index contributed by atoms with van der Waals surface area (Å²) in [5, 5.41) is 12.7. The van der Waals surface area contributed by atoms with E-state index in [1.807, 2.05) is 4.90 Å². The highest BCUT2D eigenvalue weighted by atomic mass is 35.5. The van der Waals surface area contributed by atoms with Gasteiger partial charge in [0.1, 0.15) is 5.75 Å². The summed E-state index contributed by atoms with van der Waals surface area (Å²) >= 11 is 5.71. The minimum absolute atomic E-state index is 0.0651. The highest BCUT2D eigenvalue weighted by Crippen LogP contribution is 2.21. The van der Waals surface area contributed by atoms with E-state index < -0.39 is 5.91 Å². The van der Waals surface area contributed by atoms with E-state index in [4.69, 9.17) is 11.6 Å². The average molecular weight is 311 g/mol. The molecule has 1 aliphatic rings. The predicted molar refractivity (Wildman–Crippen MR) is 80.5 cm³/mol. The molecule has 1 aromatic rings. The maximum atomic E-state index is 11.9. The Morgan fingerprint density at radius 3 is 2.62 bits per heavy atom. The Morgan fingerprint density at radius 1 is 1.24 bits per heavy atom. The van der Waals surface area contributed by atoms with Crippen LogP contribution in [0.25, 0.3) is 0 Å². The molecule has 0 bridgehead atoms. The zero-order chi connectivity index (χ0) is 15.2. The fraction of sp³-hybridized carbons (Fsp3) is 0.467. The first-order valence-corrected chi connectivity index (χ1v) is 7.50. The monoisotopic (exact) mass is 310 g/mol. The fourth-order valence-corrected chi connectivity index (χ4v) is 2.54. The van der Waals surface area contributed by atoms with Gasteiger partial charge in [-0.2, -0.15) is 0 Å². The predicted octanol–water partition coefficient (Wildman–Crippen LogP) is 2.18. The van der Waals surface area contributed by atoms with Gasteiger partial charge in [0.2, 0.25) is 5.91 Å². The van der Waals surface area contributed by atoms with Gasteiger partial charge in [-0.3, -0.25) is 9.59 Å². The van der Waals surface area contributed by atoms with Gasteiger partial charge in [-0.15, -0.1) is 0 Å². The van der Waals surface area contributed by atoms with Crippen LogP contribution in [0.3, 0.4) is 0 Å². The topological polar surface area (TPSA) is 69.6 Å². The van der Waals surface area contributed by atoms with Crippen molar-refractivity contribution in [1.29, 1.82) is 0 Å². The molecule has 0 radical (unpaired) electrons. The Kier molecular flexibility index (Phi) is 5.44. The van der Waals surface area contributed by atoms with Gasteiger partial charge in [0.05, 0.1) is 5.56 Å². The molecule has 21 heavy (non-hydrogen) atoms. The second-order valence-corrected chi connectivity index (χ2v) is 5.55. The number of carbonyl (C=O) groups is 2. The Balaban J connectivity index is 1.79. The number of halogens is 1. The molecule has 6 heteroatoms. The zero-order valence-electron chi connectivity index (χ0n) is 11.8. The Hall–Kier alpha value is -1.75. The standard InChI is InChI=1S/C15H19ClN2O3/c16-11-4-5-12(13(19)10-11)15(21)17-7-6-14(20)18-8-2-1-3-9-18/h4-5,10,19H,1-3,6-9H2,(H,17,21). The van der Waals surface area contributed by atoms with Crippen molar-refractivity contribution in [2.24, 2.45) is 0 Å². The summed E-state index contributed by atoms with van der Waals surface area (Å²) in [4.78, 5) is 25.7. The molecule has 0 aromatic heterocycles. The van der Waals surface area contributed by atoms with Gasteiger partial charge >= 0.3 is 0 Å². The Morgan fingerprint density at radius 2 is 1.95 bits per heavy atom. The third kappa shape index (κ3) is 4.36. The van der Waals surface area contributed by atoms with Gasteiger partial charge in [-0.1, -0.05) is 11.6 Å². The number of hydrogen-bond acceptors (Lipinski definition) is 3. The molecule has 2 rings (SSSR count).